The van der Waals surface area contributed by atoms with E-state index in [4.69, 9.17) is 10.5 Å². The highest BCUT2D eigenvalue weighted by atomic mass is 35.5. The third-order valence-corrected chi connectivity index (χ3v) is 2.62. The maximum Gasteiger partial charge on any atom is 0.123 e. The lowest BCUT2D eigenvalue weighted by atomic mass is 10.1. The average Bonchev–Trinajstić information content (AvgIpc) is 2.74. The van der Waals surface area contributed by atoms with Gasteiger partial charge in [-0.05, 0) is 24.3 Å². The second kappa shape index (κ2) is 5.70. The Morgan fingerprint density at radius 3 is 2.65 bits per heavy atom. The number of methoxy groups -OCH3 is 1. The number of aromatic nitrogens is 2. The van der Waals surface area contributed by atoms with Gasteiger partial charge in [0.1, 0.15) is 5.75 Å². The zero-order valence-electron chi connectivity index (χ0n) is 9.88. The summed E-state index contributed by atoms with van der Waals surface area (Å²) in [4.78, 5) is 0. The van der Waals surface area contributed by atoms with Crippen LogP contribution in [0.25, 0.3) is 11.3 Å². The molecule has 0 atom stereocenters. The maximum atomic E-state index is 5.68. The zero-order chi connectivity index (χ0) is 11.5. The molecule has 0 bridgehead atoms. The summed E-state index contributed by atoms with van der Waals surface area (Å²) in [7, 11) is 3.57. The van der Waals surface area contributed by atoms with Gasteiger partial charge in [-0.25, -0.2) is 0 Å². The van der Waals surface area contributed by atoms with Crippen molar-refractivity contribution in [3.05, 3.63) is 36.0 Å². The lowest BCUT2D eigenvalue weighted by Gasteiger charge is -2.09. The molecule has 0 saturated carbocycles. The normalized spacial score (nSPS) is 9.82. The van der Waals surface area contributed by atoms with E-state index in [2.05, 4.69) is 5.10 Å². The summed E-state index contributed by atoms with van der Waals surface area (Å²) in [6.07, 6.45) is 1.78. The average molecular weight is 254 g/mol. The Kier molecular flexibility index (Phi) is 4.54. The van der Waals surface area contributed by atoms with Crippen molar-refractivity contribution in [2.75, 3.05) is 7.11 Å². The molecule has 2 N–H and O–H groups in total. The van der Waals surface area contributed by atoms with Crippen molar-refractivity contribution in [2.24, 2.45) is 12.8 Å². The molecule has 0 unspecified atom stereocenters. The Morgan fingerprint density at radius 2 is 2.12 bits per heavy atom. The van der Waals surface area contributed by atoms with Gasteiger partial charge in [0.2, 0.25) is 0 Å². The van der Waals surface area contributed by atoms with E-state index in [0.29, 0.717) is 6.54 Å². The Bertz CT molecular complexity index is 496. The molecule has 0 amide bonds. The lowest BCUT2D eigenvalue weighted by Crippen LogP contribution is -2.01. The van der Waals surface area contributed by atoms with Crippen LogP contribution in [0.15, 0.2) is 30.5 Å². The van der Waals surface area contributed by atoms with E-state index in [9.17, 15) is 0 Å². The smallest absolute Gasteiger partial charge is 0.123 e. The number of hydrogen-bond donors (Lipinski definition) is 1. The van der Waals surface area contributed by atoms with Gasteiger partial charge in [0.25, 0.3) is 0 Å². The summed E-state index contributed by atoms with van der Waals surface area (Å²) >= 11 is 0. The molecule has 1 aromatic carbocycles. The first-order valence-corrected chi connectivity index (χ1v) is 5.11. The number of hydrogen-bond acceptors (Lipinski definition) is 3. The summed E-state index contributed by atoms with van der Waals surface area (Å²) in [6, 6.07) is 7.96. The van der Waals surface area contributed by atoms with Gasteiger partial charge in [0, 0.05) is 30.9 Å². The topological polar surface area (TPSA) is 53.1 Å². The van der Waals surface area contributed by atoms with Crippen molar-refractivity contribution in [3.8, 4) is 17.0 Å². The lowest BCUT2D eigenvalue weighted by molar-refractivity contribution is 0.410. The molecular formula is C12H16ClN3O. The minimum absolute atomic E-state index is 0. The predicted octanol–water partition coefficient (Wildman–Crippen LogP) is 1.98. The Balaban J connectivity index is 0.00000144. The monoisotopic (exact) mass is 253 g/mol. The molecule has 0 fully saturated rings. The quantitative estimate of drug-likeness (QED) is 0.910. The van der Waals surface area contributed by atoms with Crippen molar-refractivity contribution in [1.82, 2.24) is 9.78 Å². The fourth-order valence-electron chi connectivity index (χ4n) is 1.75. The van der Waals surface area contributed by atoms with Crippen LogP contribution in [0.5, 0.6) is 5.75 Å². The van der Waals surface area contributed by atoms with E-state index in [1.165, 1.54) is 0 Å². The van der Waals surface area contributed by atoms with E-state index >= 15 is 0 Å². The second-order valence-corrected chi connectivity index (χ2v) is 3.57. The number of nitrogens with two attached hydrogens (primary N) is 1. The molecule has 0 spiro atoms. The van der Waals surface area contributed by atoms with Crippen molar-refractivity contribution >= 4 is 12.4 Å². The number of rotatable bonds is 3. The SMILES string of the molecule is COc1ccc(-c2ccnn2C)cc1CN.Cl. The molecule has 1 aromatic heterocycles. The molecule has 92 valence electrons. The van der Waals surface area contributed by atoms with Gasteiger partial charge in [-0.2, -0.15) is 5.10 Å². The van der Waals surface area contributed by atoms with E-state index in [0.717, 1.165) is 22.6 Å². The third kappa shape index (κ3) is 2.60. The molecule has 2 rings (SSSR count). The first-order valence-electron chi connectivity index (χ1n) is 5.11. The van der Waals surface area contributed by atoms with Crippen molar-refractivity contribution in [3.63, 3.8) is 0 Å². The summed E-state index contributed by atoms with van der Waals surface area (Å²) in [5.41, 5.74) is 8.85. The van der Waals surface area contributed by atoms with Gasteiger partial charge in [0.05, 0.1) is 12.8 Å². The fraction of sp³-hybridized carbons (Fsp3) is 0.250. The van der Waals surface area contributed by atoms with Gasteiger partial charge in [-0.3, -0.25) is 4.68 Å². The number of nitrogens with zero attached hydrogens (tertiary/aromatic N) is 2. The molecule has 4 nitrogen and oxygen atoms in total. The van der Waals surface area contributed by atoms with Crippen LogP contribution >= 0.6 is 12.4 Å². The minimum atomic E-state index is 0. The predicted molar refractivity (Wildman–Crippen MR) is 70.3 cm³/mol. The minimum Gasteiger partial charge on any atom is -0.496 e. The Labute approximate surface area is 107 Å². The molecule has 0 aliphatic carbocycles. The van der Waals surface area contributed by atoms with Gasteiger partial charge < -0.3 is 10.5 Å². The van der Waals surface area contributed by atoms with Gasteiger partial charge in [-0.15, -0.1) is 12.4 Å². The van der Waals surface area contributed by atoms with Crippen LogP contribution in [-0.2, 0) is 13.6 Å². The van der Waals surface area contributed by atoms with Gasteiger partial charge in [0.15, 0.2) is 0 Å². The van der Waals surface area contributed by atoms with Crippen LogP contribution in [-0.4, -0.2) is 16.9 Å². The third-order valence-electron chi connectivity index (χ3n) is 2.62. The summed E-state index contributed by atoms with van der Waals surface area (Å²) in [5, 5.41) is 4.15. The van der Waals surface area contributed by atoms with Gasteiger partial charge >= 0.3 is 0 Å². The first-order chi connectivity index (χ1) is 7.76. The van der Waals surface area contributed by atoms with Crippen LogP contribution in [0, 0.1) is 0 Å². The summed E-state index contributed by atoms with van der Waals surface area (Å²) in [6.45, 7) is 0.467. The molecule has 0 aliphatic heterocycles. The standard InChI is InChI=1S/C12H15N3O.ClH/c1-15-11(5-6-14-15)9-3-4-12(16-2)10(7-9)8-13;/h3-7H,8,13H2,1-2H3;1H. The highest BCUT2D eigenvalue weighted by Gasteiger charge is 2.06. The molecule has 1 heterocycles. The zero-order valence-corrected chi connectivity index (χ0v) is 10.7. The molecule has 0 radical (unpaired) electrons. The molecule has 0 aliphatic rings. The Morgan fingerprint density at radius 1 is 1.35 bits per heavy atom. The van der Waals surface area contributed by atoms with E-state index in [1.54, 1.807) is 13.3 Å². The highest BCUT2D eigenvalue weighted by molar-refractivity contribution is 5.85. The van der Waals surface area contributed by atoms with Crippen LogP contribution in [0.4, 0.5) is 0 Å². The maximum absolute atomic E-state index is 5.68. The molecular weight excluding hydrogens is 238 g/mol. The molecule has 2 aromatic rings. The molecule has 17 heavy (non-hydrogen) atoms. The summed E-state index contributed by atoms with van der Waals surface area (Å²) < 4.78 is 7.07. The second-order valence-electron chi connectivity index (χ2n) is 3.57. The first kappa shape index (κ1) is 13.5. The van der Waals surface area contributed by atoms with Crippen molar-refractivity contribution < 1.29 is 4.74 Å². The fourth-order valence-corrected chi connectivity index (χ4v) is 1.75. The molecule has 5 heteroatoms. The Hall–Kier alpha value is -1.52. The van der Waals surface area contributed by atoms with Crippen LogP contribution in [0.2, 0.25) is 0 Å². The number of benzene rings is 1. The summed E-state index contributed by atoms with van der Waals surface area (Å²) in [5.74, 6) is 0.827. The van der Waals surface area contributed by atoms with Crippen LogP contribution in [0.3, 0.4) is 0 Å². The number of aryl methyl sites for hydroxylation is 1. The van der Waals surface area contributed by atoms with E-state index in [-0.39, 0.29) is 12.4 Å². The number of ether oxygens (including phenoxy) is 1. The highest BCUT2D eigenvalue weighted by Crippen LogP contribution is 2.25. The van der Waals surface area contributed by atoms with Crippen LogP contribution < -0.4 is 10.5 Å². The van der Waals surface area contributed by atoms with Crippen molar-refractivity contribution in [2.45, 2.75) is 6.54 Å². The van der Waals surface area contributed by atoms with Gasteiger partial charge in [-0.1, -0.05) is 0 Å². The van der Waals surface area contributed by atoms with E-state index < -0.39 is 0 Å². The number of halogens is 1. The molecule has 0 saturated heterocycles. The largest absolute Gasteiger partial charge is 0.496 e. The van der Waals surface area contributed by atoms with Crippen LogP contribution in [0.1, 0.15) is 5.56 Å². The van der Waals surface area contributed by atoms with E-state index in [1.807, 2.05) is 36.0 Å². The van der Waals surface area contributed by atoms with Crippen molar-refractivity contribution in [1.29, 1.82) is 0 Å².